The average Bonchev–Trinajstić information content (AvgIpc) is 2.67. The van der Waals surface area contributed by atoms with Crippen molar-refractivity contribution < 1.29 is 24.6 Å². The predicted molar refractivity (Wildman–Crippen MR) is 70.9 cm³/mol. The van der Waals surface area contributed by atoms with E-state index in [4.69, 9.17) is 9.57 Å². The minimum atomic E-state index is -1.34. The van der Waals surface area contributed by atoms with Crippen molar-refractivity contribution in [1.82, 2.24) is 5.06 Å². The lowest BCUT2D eigenvalue weighted by Gasteiger charge is -2.30. The highest BCUT2D eigenvalue weighted by molar-refractivity contribution is 6.00. The SMILES string of the molecule is C=C1C2=C(C(=O)N1OC)C(O)C(O)C(C=CC=CC)O2. The third kappa shape index (κ3) is 2.18. The molecule has 0 aromatic rings. The molecule has 0 saturated heterocycles. The Balaban J connectivity index is 2.32. The molecule has 2 aliphatic heterocycles. The van der Waals surface area contributed by atoms with Crippen LogP contribution in [0.2, 0.25) is 0 Å². The first-order chi connectivity index (χ1) is 9.52. The van der Waals surface area contributed by atoms with Crippen LogP contribution in [0, 0.1) is 0 Å². The first-order valence-corrected chi connectivity index (χ1v) is 6.17. The molecule has 0 radical (unpaired) electrons. The van der Waals surface area contributed by atoms with Crippen molar-refractivity contribution in [3.63, 3.8) is 0 Å². The van der Waals surface area contributed by atoms with Crippen LogP contribution < -0.4 is 0 Å². The fourth-order valence-electron chi connectivity index (χ4n) is 2.16. The van der Waals surface area contributed by atoms with Crippen LogP contribution in [-0.4, -0.2) is 46.6 Å². The summed E-state index contributed by atoms with van der Waals surface area (Å²) in [5, 5.41) is 21.0. The van der Waals surface area contributed by atoms with Crippen LogP contribution in [0.15, 0.2) is 47.9 Å². The Labute approximate surface area is 116 Å². The average molecular weight is 279 g/mol. The van der Waals surface area contributed by atoms with Crippen molar-refractivity contribution >= 4 is 5.91 Å². The van der Waals surface area contributed by atoms with Gasteiger partial charge in [0.1, 0.15) is 24.0 Å². The highest BCUT2D eigenvalue weighted by atomic mass is 16.7. The van der Waals surface area contributed by atoms with Gasteiger partial charge in [-0.25, -0.2) is 0 Å². The molecule has 0 aliphatic carbocycles. The van der Waals surface area contributed by atoms with E-state index in [1.165, 1.54) is 7.11 Å². The summed E-state index contributed by atoms with van der Waals surface area (Å²) < 4.78 is 5.56. The summed E-state index contributed by atoms with van der Waals surface area (Å²) in [6, 6.07) is 0. The van der Waals surface area contributed by atoms with E-state index in [0.29, 0.717) is 0 Å². The van der Waals surface area contributed by atoms with E-state index in [1.54, 1.807) is 18.2 Å². The van der Waals surface area contributed by atoms with Crippen molar-refractivity contribution in [3.05, 3.63) is 47.9 Å². The lowest BCUT2D eigenvalue weighted by atomic mass is 9.96. The number of hydrogen-bond acceptors (Lipinski definition) is 5. The third-order valence-corrected chi connectivity index (χ3v) is 3.16. The summed E-state index contributed by atoms with van der Waals surface area (Å²) in [6.45, 7) is 5.55. The molecular formula is C14H17NO5. The Morgan fingerprint density at radius 2 is 2.10 bits per heavy atom. The van der Waals surface area contributed by atoms with Gasteiger partial charge in [-0.2, -0.15) is 5.06 Å². The quantitative estimate of drug-likeness (QED) is 0.732. The Kier molecular flexibility index (Phi) is 4.08. The van der Waals surface area contributed by atoms with Gasteiger partial charge in [0.25, 0.3) is 5.91 Å². The molecule has 108 valence electrons. The molecule has 0 fully saturated rings. The number of carbonyl (C=O) groups is 1. The lowest BCUT2D eigenvalue weighted by molar-refractivity contribution is -0.159. The number of aliphatic hydroxyl groups excluding tert-OH is 2. The molecule has 2 aliphatic rings. The first-order valence-electron chi connectivity index (χ1n) is 6.17. The summed E-state index contributed by atoms with van der Waals surface area (Å²) in [5.74, 6) is -0.417. The van der Waals surface area contributed by atoms with Gasteiger partial charge in [0.15, 0.2) is 5.76 Å². The zero-order valence-corrected chi connectivity index (χ0v) is 11.3. The van der Waals surface area contributed by atoms with E-state index < -0.39 is 24.2 Å². The summed E-state index contributed by atoms with van der Waals surface area (Å²) in [4.78, 5) is 16.9. The number of nitrogens with zero attached hydrogens (tertiary/aromatic N) is 1. The van der Waals surface area contributed by atoms with E-state index in [-0.39, 0.29) is 17.0 Å². The zero-order chi connectivity index (χ0) is 14.9. The second-order valence-corrected chi connectivity index (χ2v) is 4.40. The minimum absolute atomic E-state index is 0.0277. The van der Waals surface area contributed by atoms with E-state index in [0.717, 1.165) is 5.06 Å². The molecular weight excluding hydrogens is 262 g/mol. The fourth-order valence-corrected chi connectivity index (χ4v) is 2.16. The summed E-state index contributed by atoms with van der Waals surface area (Å²) in [7, 11) is 1.31. The van der Waals surface area contributed by atoms with Crippen LogP contribution in [0.5, 0.6) is 0 Å². The summed E-state index contributed by atoms with van der Waals surface area (Å²) in [6.07, 6.45) is 3.54. The Morgan fingerprint density at radius 3 is 2.70 bits per heavy atom. The standard InChI is InChI=1S/C14H17NO5/c1-4-5-6-7-9-11(16)12(17)10-13(20-9)8(2)15(19-3)14(10)18/h4-7,9,11-12,16-17H,2H2,1,3H3. The van der Waals surface area contributed by atoms with Crippen molar-refractivity contribution in [2.75, 3.05) is 7.11 Å². The molecule has 6 nitrogen and oxygen atoms in total. The molecule has 20 heavy (non-hydrogen) atoms. The van der Waals surface area contributed by atoms with E-state index >= 15 is 0 Å². The number of carbonyl (C=O) groups excluding carboxylic acids is 1. The Bertz CT molecular complexity index is 520. The van der Waals surface area contributed by atoms with Crippen LogP contribution in [0.4, 0.5) is 0 Å². The summed E-state index contributed by atoms with van der Waals surface area (Å²) in [5.41, 5.74) is 0.183. The summed E-state index contributed by atoms with van der Waals surface area (Å²) >= 11 is 0. The first kappa shape index (κ1) is 14.5. The van der Waals surface area contributed by atoms with Crippen LogP contribution in [0.3, 0.4) is 0 Å². The molecule has 3 unspecified atom stereocenters. The van der Waals surface area contributed by atoms with Gasteiger partial charge in [-0.3, -0.25) is 9.63 Å². The fraction of sp³-hybridized carbons (Fsp3) is 0.357. The number of allylic oxidation sites excluding steroid dienone is 3. The number of amides is 1. The molecule has 2 N–H and O–H groups in total. The topological polar surface area (TPSA) is 79.2 Å². The van der Waals surface area contributed by atoms with Gasteiger partial charge in [-0.1, -0.05) is 24.8 Å². The number of hydroxylamine groups is 2. The van der Waals surface area contributed by atoms with Gasteiger partial charge in [0, 0.05) is 0 Å². The van der Waals surface area contributed by atoms with Gasteiger partial charge in [-0.15, -0.1) is 0 Å². The maximum Gasteiger partial charge on any atom is 0.284 e. The largest absolute Gasteiger partial charge is 0.481 e. The number of aliphatic hydroxyl groups is 2. The molecule has 2 heterocycles. The van der Waals surface area contributed by atoms with Crippen molar-refractivity contribution in [2.45, 2.75) is 25.2 Å². The van der Waals surface area contributed by atoms with Crippen LogP contribution in [0.25, 0.3) is 0 Å². The predicted octanol–water partition coefficient (Wildman–Crippen LogP) is 0.411. The molecule has 3 atom stereocenters. The molecule has 0 bridgehead atoms. The van der Waals surface area contributed by atoms with Gasteiger partial charge < -0.3 is 14.9 Å². The highest BCUT2D eigenvalue weighted by Crippen LogP contribution is 2.37. The molecule has 0 aromatic heterocycles. The normalized spacial score (nSPS) is 30.6. The second-order valence-electron chi connectivity index (χ2n) is 4.40. The Hall–Kier alpha value is -1.89. The van der Waals surface area contributed by atoms with Gasteiger partial charge in [0.2, 0.25) is 0 Å². The maximum atomic E-state index is 12.0. The van der Waals surface area contributed by atoms with Gasteiger partial charge in [-0.05, 0) is 13.0 Å². The van der Waals surface area contributed by atoms with Gasteiger partial charge >= 0.3 is 0 Å². The smallest absolute Gasteiger partial charge is 0.284 e. The Morgan fingerprint density at radius 1 is 1.40 bits per heavy atom. The minimum Gasteiger partial charge on any atom is -0.481 e. The molecule has 1 amide bonds. The zero-order valence-electron chi connectivity index (χ0n) is 11.3. The molecule has 0 spiro atoms. The molecule has 2 rings (SSSR count). The van der Waals surface area contributed by atoms with Crippen LogP contribution in [0.1, 0.15) is 6.92 Å². The lowest BCUT2D eigenvalue weighted by Crippen LogP contribution is -2.44. The van der Waals surface area contributed by atoms with Crippen LogP contribution in [-0.2, 0) is 14.4 Å². The maximum absolute atomic E-state index is 12.0. The number of rotatable bonds is 3. The molecule has 0 aromatic carbocycles. The number of ether oxygens (including phenoxy) is 1. The van der Waals surface area contributed by atoms with E-state index in [1.807, 2.05) is 13.0 Å². The molecule has 6 heteroatoms. The van der Waals surface area contributed by atoms with Crippen molar-refractivity contribution in [3.8, 4) is 0 Å². The second kappa shape index (κ2) is 5.62. The third-order valence-electron chi connectivity index (χ3n) is 3.16. The van der Waals surface area contributed by atoms with Gasteiger partial charge in [0.05, 0.1) is 12.7 Å². The highest BCUT2D eigenvalue weighted by Gasteiger charge is 2.48. The van der Waals surface area contributed by atoms with E-state index in [9.17, 15) is 15.0 Å². The monoisotopic (exact) mass is 279 g/mol. The number of hydrogen-bond donors (Lipinski definition) is 2. The van der Waals surface area contributed by atoms with Crippen molar-refractivity contribution in [2.24, 2.45) is 0 Å². The van der Waals surface area contributed by atoms with Crippen molar-refractivity contribution in [1.29, 1.82) is 0 Å². The van der Waals surface area contributed by atoms with E-state index in [2.05, 4.69) is 6.58 Å². The van der Waals surface area contributed by atoms with Crippen LogP contribution >= 0.6 is 0 Å². The molecule has 0 saturated carbocycles.